The van der Waals surface area contributed by atoms with E-state index in [1.165, 1.54) is 59.0 Å². The average molecular weight is 433 g/mol. The first-order chi connectivity index (χ1) is 14.8. The molecule has 2 amide bonds. The van der Waals surface area contributed by atoms with Crippen molar-refractivity contribution in [1.29, 1.82) is 0 Å². The van der Waals surface area contributed by atoms with Crippen LogP contribution in [0, 0.1) is 17.8 Å². The Bertz CT molecular complexity index is 804. The first-order valence-electron chi connectivity index (χ1n) is 10.8. The average Bonchev–Trinajstić information content (AvgIpc) is 3.40. The van der Waals surface area contributed by atoms with Crippen LogP contribution in [0.1, 0.15) is 49.9 Å². The maximum absolute atomic E-state index is 12.4. The quantitative estimate of drug-likeness (QED) is 0.581. The SMILES string of the molecule is COc1cc(OC)cc(C(=O)NCC(=O)O[C@@H](C)C(=O)N[C@@H](C)[C@@H]2C[C@@H]3CC[C@@H]2C3)c1. The molecule has 3 rings (SSSR count). The number of esters is 1. The molecule has 2 N–H and O–H groups in total. The topological polar surface area (TPSA) is 103 Å². The lowest BCUT2D eigenvalue weighted by atomic mass is 9.84. The third-order valence-electron chi connectivity index (χ3n) is 6.49. The highest BCUT2D eigenvalue weighted by molar-refractivity contribution is 5.97. The van der Waals surface area contributed by atoms with E-state index in [0.29, 0.717) is 23.3 Å². The third-order valence-corrected chi connectivity index (χ3v) is 6.49. The van der Waals surface area contributed by atoms with Crippen LogP contribution in [-0.4, -0.2) is 50.7 Å². The molecule has 8 heteroatoms. The Morgan fingerprint density at radius 2 is 1.71 bits per heavy atom. The van der Waals surface area contributed by atoms with Gasteiger partial charge in [-0.2, -0.15) is 0 Å². The van der Waals surface area contributed by atoms with Gasteiger partial charge < -0.3 is 24.8 Å². The molecule has 2 saturated carbocycles. The number of carbonyl (C=O) groups excluding carboxylic acids is 3. The van der Waals surface area contributed by atoms with E-state index in [2.05, 4.69) is 10.6 Å². The molecule has 8 nitrogen and oxygen atoms in total. The predicted molar refractivity (Wildman–Crippen MR) is 114 cm³/mol. The van der Waals surface area contributed by atoms with Crippen molar-refractivity contribution in [1.82, 2.24) is 10.6 Å². The summed E-state index contributed by atoms with van der Waals surface area (Å²) in [5.41, 5.74) is 0.287. The van der Waals surface area contributed by atoms with Gasteiger partial charge in [0.15, 0.2) is 6.10 Å². The summed E-state index contributed by atoms with van der Waals surface area (Å²) in [6.45, 7) is 3.22. The highest BCUT2D eigenvalue weighted by atomic mass is 16.5. The Labute approximate surface area is 183 Å². The number of amides is 2. The van der Waals surface area contributed by atoms with Gasteiger partial charge >= 0.3 is 5.97 Å². The first-order valence-corrected chi connectivity index (χ1v) is 10.8. The number of benzene rings is 1. The number of methoxy groups -OCH3 is 2. The van der Waals surface area contributed by atoms with Crippen LogP contribution in [0.4, 0.5) is 0 Å². The van der Waals surface area contributed by atoms with Crippen molar-refractivity contribution in [2.45, 2.75) is 51.7 Å². The fraction of sp³-hybridized carbons (Fsp3) is 0.609. The number of nitrogens with one attached hydrogen (secondary N) is 2. The number of fused-ring (bicyclic) bond motifs is 2. The lowest BCUT2D eigenvalue weighted by molar-refractivity contribution is -0.154. The van der Waals surface area contributed by atoms with Crippen molar-refractivity contribution < 1.29 is 28.6 Å². The van der Waals surface area contributed by atoms with Crippen LogP contribution in [0.15, 0.2) is 18.2 Å². The number of rotatable bonds is 9. The summed E-state index contributed by atoms with van der Waals surface area (Å²) < 4.78 is 15.5. The molecule has 2 aliphatic rings. The van der Waals surface area contributed by atoms with Crippen molar-refractivity contribution in [2.75, 3.05) is 20.8 Å². The third kappa shape index (κ3) is 5.68. The minimum absolute atomic E-state index is 0.0618. The molecule has 0 aliphatic heterocycles. The molecule has 1 aromatic carbocycles. The van der Waals surface area contributed by atoms with Crippen LogP contribution in [0.5, 0.6) is 11.5 Å². The van der Waals surface area contributed by atoms with Gasteiger partial charge in [-0.05, 0) is 63.0 Å². The highest BCUT2D eigenvalue weighted by Gasteiger charge is 2.42. The fourth-order valence-corrected chi connectivity index (χ4v) is 4.84. The summed E-state index contributed by atoms with van der Waals surface area (Å²) in [7, 11) is 2.97. The van der Waals surface area contributed by atoms with E-state index in [1.54, 1.807) is 6.07 Å². The summed E-state index contributed by atoms with van der Waals surface area (Å²) >= 11 is 0. The van der Waals surface area contributed by atoms with Gasteiger partial charge in [0.2, 0.25) is 0 Å². The van der Waals surface area contributed by atoms with Crippen molar-refractivity contribution in [3.05, 3.63) is 23.8 Å². The van der Waals surface area contributed by atoms with Gasteiger partial charge in [0.25, 0.3) is 11.8 Å². The van der Waals surface area contributed by atoms with Crippen LogP contribution in [0.25, 0.3) is 0 Å². The standard InChI is InChI=1S/C23H32N2O6/c1-13(20-8-15-5-6-16(20)7-15)25-22(27)14(2)31-21(26)12-24-23(28)17-9-18(29-3)11-19(10-17)30-4/h9-11,13-16,20H,5-8,12H2,1-4H3,(H,24,28)(H,25,27)/t13-,14-,15+,16+,20-/m0/s1. The Balaban J connectivity index is 1.44. The zero-order chi connectivity index (χ0) is 22.5. The Morgan fingerprint density at radius 3 is 2.26 bits per heavy atom. The minimum atomic E-state index is -0.928. The molecule has 5 atom stereocenters. The monoisotopic (exact) mass is 432 g/mol. The molecule has 1 aromatic rings. The van der Waals surface area contributed by atoms with Crippen LogP contribution in [-0.2, 0) is 14.3 Å². The van der Waals surface area contributed by atoms with E-state index in [4.69, 9.17) is 14.2 Å². The summed E-state index contributed by atoms with van der Waals surface area (Å²) in [4.78, 5) is 36.9. The molecule has 0 unspecified atom stereocenters. The molecule has 0 radical (unpaired) electrons. The van der Waals surface area contributed by atoms with Crippen LogP contribution in [0.3, 0.4) is 0 Å². The number of carbonyl (C=O) groups is 3. The number of hydrogen-bond acceptors (Lipinski definition) is 6. The van der Waals surface area contributed by atoms with Gasteiger partial charge in [0, 0.05) is 17.7 Å². The molecular formula is C23H32N2O6. The Hall–Kier alpha value is -2.77. The molecule has 2 aliphatic carbocycles. The van der Waals surface area contributed by atoms with Gasteiger partial charge in [-0.1, -0.05) is 6.42 Å². The largest absolute Gasteiger partial charge is 0.497 e. The zero-order valence-electron chi connectivity index (χ0n) is 18.6. The van der Waals surface area contributed by atoms with E-state index in [0.717, 1.165) is 5.92 Å². The lowest BCUT2D eigenvalue weighted by Gasteiger charge is -2.29. The van der Waals surface area contributed by atoms with Crippen molar-refractivity contribution in [3.63, 3.8) is 0 Å². The molecule has 0 saturated heterocycles. The fourth-order valence-electron chi connectivity index (χ4n) is 4.84. The second kappa shape index (κ2) is 10.0. The zero-order valence-corrected chi connectivity index (χ0v) is 18.6. The molecule has 2 bridgehead atoms. The minimum Gasteiger partial charge on any atom is -0.497 e. The van der Waals surface area contributed by atoms with E-state index >= 15 is 0 Å². The van der Waals surface area contributed by atoms with Gasteiger partial charge in [-0.15, -0.1) is 0 Å². The normalized spacial score (nSPS) is 23.5. The van der Waals surface area contributed by atoms with E-state index < -0.39 is 18.0 Å². The van der Waals surface area contributed by atoms with E-state index in [9.17, 15) is 14.4 Å². The summed E-state index contributed by atoms with van der Waals surface area (Å²) in [6, 6.07) is 4.78. The Kier molecular flexibility index (Phi) is 7.41. The van der Waals surface area contributed by atoms with Crippen LogP contribution >= 0.6 is 0 Å². The summed E-state index contributed by atoms with van der Waals surface area (Å²) in [5.74, 6) is 1.46. The van der Waals surface area contributed by atoms with E-state index in [1.807, 2.05) is 6.92 Å². The summed E-state index contributed by atoms with van der Waals surface area (Å²) in [6.07, 6.45) is 4.07. The molecular weight excluding hydrogens is 400 g/mol. The van der Waals surface area contributed by atoms with Crippen molar-refractivity contribution >= 4 is 17.8 Å². The number of ether oxygens (including phenoxy) is 3. The van der Waals surface area contributed by atoms with Crippen molar-refractivity contribution in [3.8, 4) is 11.5 Å². The molecule has 170 valence electrons. The molecule has 0 aromatic heterocycles. The lowest BCUT2D eigenvalue weighted by Crippen LogP contribution is -2.45. The number of hydrogen-bond donors (Lipinski definition) is 2. The maximum Gasteiger partial charge on any atom is 0.326 e. The van der Waals surface area contributed by atoms with Gasteiger partial charge in [0.05, 0.1) is 14.2 Å². The van der Waals surface area contributed by atoms with Gasteiger partial charge in [-0.3, -0.25) is 14.4 Å². The van der Waals surface area contributed by atoms with Gasteiger partial charge in [0.1, 0.15) is 18.0 Å². The smallest absolute Gasteiger partial charge is 0.326 e. The van der Waals surface area contributed by atoms with Crippen LogP contribution in [0.2, 0.25) is 0 Å². The first kappa shape index (κ1) is 22.9. The highest BCUT2D eigenvalue weighted by Crippen LogP contribution is 2.49. The Morgan fingerprint density at radius 1 is 1.03 bits per heavy atom. The van der Waals surface area contributed by atoms with Crippen molar-refractivity contribution in [2.24, 2.45) is 17.8 Å². The van der Waals surface area contributed by atoms with Crippen LogP contribution < -0.4 is 20.1 Å². The molecule has 0 spiro atoms. The second-order valence-corrected chi connectivity index (χ2v) is 8.55. The molecule has 0 heterocycles. The summed E-state index contributed by atoms with van der Waals surface area (Å²) in [5, 5.41) is 5.49. The second-order valence-electron chi connectivity index (χ2n) is 8.55. The molecule has 31 heavy (non-hydrogen) atoms. The molecule has 2 fully saturated rings. The predicted octanol–water partition coefficient (Wildman–Crippen LogP) is 2.31. The van der Waals surface area contributed by atoms with Gasteiger partial charge in [-0.25, -0.2) is 0 Å². The van der Waals surface area contributed by atoms with E-state index in [-0.39, 0.29) is 24.1 Å². The maximum atomic E-state index is 12.4.